The van der Waals surface area contributed by atoms with Crippen LogP contribution in [0.15, 0.2) is 0 Å². The first kappa shape index (κ1) is 13.7. The van der Waals surface area contributed by atoms with Crippen LogP contribution in [0.25, 0.3) is 0 Å². The van der Waals surface area contributed by atoms with Crippen molar-refractivity contribution >= 4 is 10.0 Å². The highest BCUT2D eigenvalue weighted by Gasteiger charge is 2.29. The van der Waals surface area contributed by atoms with E-state index in [0.717, 1.165) is 0 Å². The van der Waals surface area contributed by atoms with Crippen molar-refractivity contribution in [1.82, 2.24) is 10.0 Å². The molecule has 14 heavy (non-hydrogen) atoms. The largest absolute Gasteiger partial charge is 0.402 e. The highest BCUT2D eigenvalue weighted by atomic mass is 32.2. The third-order valence-electron chi connectivity index (χ3n) is 1.29. The van der Waals surface area contributed by atoms with E-state index in [1.54, 1.807) is 6.92 Å². The molecule has 0 amide bonds. The van der Waals surface area contributed by atoms with E-state index >= 15 is 0 Å². The predicted molar refractivity (Wildman–Crippen MR) is 46.4 cm³/mol. The number of sulfonamides is 1. The molecule has 8 heteroatoms. The van der Waals surface area contributed by atoms with Gasteiger partial charge < -0.3 is 5.32 Å². The molecule has 0 aliphatic carbocycles. The third kappa shape index (κ3) is 8.27. The monoisotopic (exact) mass is 234 g/mol. The number of halogens is 3. The third-order valence-corrected chi connectivity index (χ3v) is 2.62. The van der Waals surface area contributed by atoms with E-state index in [1.165, 1.54) is 4.72 Å². The molecule has 0 aromatic heterocycles. The molecule has 2 N–H and O–H groups in total. The van der Waals surface area contributed by atoms with Crippen molar-refractivity contribution in [1.29, 1.82) is 0 Å². The maximum absolute atomic E-state index is 11.6. The summed E-state index contributed by atoms with van der Waals surface area (Å²) in [6.45, 7) is 0.982. The first-order chi connectivity index (χ1) is 6.27. The fourth-order valence-electron chi connectivity index (χ4n) is 0.647. The standard InChI is InChI=1S/C6H13F3N2O2S/c1-2-10-3-4-14(12,13)11-5-6(7,8)9/h10-11H,2-5H2,1H3. The van der Waals surface area contributed by atoms with Gasteiger partial charge >= 0.3 is 6.18 Å². The Labute approximate surface area is 80.9 Å². The van der Waals surface area contributed by atoms with Crippen LogP contribution in [0, 0.1) is 0 Å². The van der Waals surface area contributed by atoms with Crippen molar-refractivity contribution in [2.24, 2.45) is 0 Å². The minimum atomic E-state index is -4.51. The van der Waals surface area contributed by atoms with E-state index in [1.807, 2.05) is 0 Å². The van der Waals surface area contributed by atoms with E-state index in [-0.39, 0.29) is 12.3 Å². The molecule has 0 aromatic rings. The molecule has 0 aliphatic rings. The van der Waals surface area contributed by atoms with Crippen molar-refractivity contribution in [3.05, 3.63) is 0 Å². The summed E-state index contributed by atoms with van der Waals surface area (Å²) in [5, 5.41) is 2.70. The molecule has 0 rings (SSSR count). The first-order valence-electron chi connectivity index (χ1n) is 4.01. The van der Waals surface area contributed by atoms with E-state index in [0.29, 0.717) is 6.54 Å². The fraction of sp³-hybridized carbons (Fsp3) is 1.00. The summed E-state index contributed by atoms with van der Waals surface area (Å²) in [4.78, 5) is 0. The molecule has 0 fully saturated rings. The van der Waals surface area contributed by atoms with Crippen molar-refractivity contribution in [2.45, 2.75) is 13.1 Å². The molecular weight excluding hydrogens is 221 g/mol. The zero-order valence-corrected chi connectivity index (χ0v) is 8.50. The SMILES string of the molecule is CCNCCS(=O)(=O)NCC(F)(F)F. The second-order valence-electron chi connectivity index (χ2n) is 2.61. The Balaban J connectivity index is 3.85. The summed E-state index contributed by atoms with van der Waals surface area (Å²) in [7, 11) is -3.82. The minimum Gasteiger partial charge on any atom is -0.316 e. The summed E-state index contributed by atoms with van der Waals surface area (Å²) in [5.74, 6) is -0.350. The van der Waals surface area contributed by atoms with Crippen LogP contribution < -0.4 is 10.0 Å². The highest BCUT2D eigenvalue weighted by Crippen LogP contribution is 2.12. The van der Waals surface area contributed by atoms with Crippen molar-refractivity contribution in [3.63, 3.8) is 0 Å². The van der Waals surface area contributed by atoms with Crippen LogP contribution >= 0.6 is 0 Å². The zero-order valence-electron chi connectivity index (χ0n) is 7.69. The Hall–Kier alpha value is -0.340. The topological polar surface area (TPSA) is 58.2 Å². The molecule has 0 aliphatic heterocycles. The quantitative estimate of drug-likeness (QED) is 0.640. The van der Waals surface area contributed by atoms with Gasteiger partial charge in [0.05, 0.1) is 5.75 Å². The lowest BCUT2D eigenvalue weighted by Crippen LogP contribution is -2.37. The van der Waals surface area contributed by atoms with Gasteiger partial charge in [-0.25, -0.2) is 13.1 Å². The second kappa shape index (κ2) is 5.52. The van der Waals surface area contributed by atoms with Crippen LogP contribution in [0.4, 0.5) is 13.2 Å². The number of rotatable bonds is 6. The summed E-state index contributed by atoms with van der Waals surface area (Å²) in [6, 6.07) is 0. The van der Waals surface area contributed by atoms with E-state index in [4.69, 9.17) is 0 Å². The van der Waals surface area contributed by atoms with Crippen LogP contribution in [-0.2, 0) is 10.0 Å². The smallest absolute Gasteiger partial charge is 0.316 e. The molecular formula is C6H13F3N2O2S. The molecule has 0 aromatic carbocycles. The van der Waals surface area contributed by atoms with Crippen LogP contribution in [0.3, 0.4) is 0 Å². The fourth-order valence-corrected chi connectivity index (χ4v) is 1.59. The van der Waals surface area contributed by atoms with Crippen LogP contribution in [0.1, 0.15) is 6.92 Å². The van der Waals surface area contributed by atoms with Crippen LogP contribution in [0.5, 0.6) is 0 Å². The van der Waals surface area contributed by atoms with E-state index < -0.39 is 22.7 Å². The van der Waals surface area contributed by atoms with Gasteiger partial charge in [-0.05, 0) is 6.54 Å². The molecule has 0 unspecified atom stereocenters. The Kier molecular flexibility index (Phi) is 5.38. The Morgan fingerprint density at radius 2 is 1.86 bits per heavy atom. The lowest BCUT2D eigenvalue weighted by Gasteiger charge is -2.09. The Bertz CT molecular complexity index is 250. The first-order valence-corrected chi connectivity index (χ1v) is 5.67. The van der Waals surface area contributed by atoms with Gasteiger partial charge in [-0.15, -0.1) is 0 Å². The average Bonchev–Trinajstić information content (AvgIpc) is 2.00. The molecule has 0 heterocycles. The van der Waals surface area contributed by atoms with Gasteiger partial charge in [0.25, 0.3) is 0 Å². The molecule has 0 spiro atoms. The summed E-state index contributed by atoms with van der Waals surface area (Å²) >= 11 is 0. The minimum absolute atomic E-state index is 0.143. The highest BCUT2D eigenvalue weighted by molar-refractivity contribution is 7.89. The average molecular weight is 234 g/mol. The molecule has 0 saturated heterocycles. The van der Waals surface area contributed by atoms with E-state index in [9.17, 15) is 21.6 Å². The lowest BCUT2D eigenvalue weighted by molar-refractivity contribution is -0.121. The zero-order chi connectivity index (χ0) is 11.2. The maximum Gasteiger partial charge on any atom is 0.402 e. The summed E-state index contributed by atoms with van der Waals surface area (Å²) < 4.78 is 58.2. The van der Waals surface area contributed by atoms with Crippen LogP contribution in [-0.4, -0.2) is 40.0 Å². The second-order valence-corrected chi connectivity index (χ2v) is 4.54. The van der Waals surface area contributed by atoms with Gasteiger partial charge in [0.1, 0.15) is 6.54 Å². The number of hydrogen-bond acceptors (Lipinski definition) is 3. The van der Waals surface area contributed by atoms with Crippen molar-refractivity contribution in [2.75, 3.05) is 25.4 Å². The number of alkyl halides is 3. The van der Waals surface area contributed by atoms with Gasteiger partial charge in [-0.1, -0.05) is 6.92 Å². The van der Waals surface area contributed by atoms with Gasteiger partial charge in [0, 0.05) is 6.54 Å². The molecule has 86 valence electrons. The maximum atomic E-state index is 11.6. The molecule has 0 radical (unpaired) electrons. The lowest BCUT2D eigenvalue weighted by atomic mass is 10.7. The summed E-state index contributed by atoms with van der Waals surface area (Å²) in [6.07, 6.45) is -4.51. The Morgan fingerprint density at radius 3 is 2.29 bits per heavy atom. The van der Waals surface area contributed by atoms with Crippen molar-refractivity contribution < 1.29 is 21.6 Å². The Morgan fingerprint density at radius 1 is 1.29 bits per heavy atom. The van der Waals surface area contributed by atoms with Gasteiger partial charge in [-0.3, -0.25) is 0 Å². The van der Waals surface area contributed by atoms with Gasteiger partial charge in [0.15, 0.2) is 0 Å². The molecule has 0 bridgehead atoms. The van der Waals surface area contributed by atoms with Crippen LogP contribution in [0.2, 0.25) is 0 Å². The number of nitrogens with one attached hydrogen (secondary N) is 2. The molecule has 0 saturated carbocycles. The molecule has 4 nitrogen and oxygen atoms in total. The van der Waals surface area contributed by atoms with Crippen molar-refractivity contribution in [3.8, 4) is 0 Å². The summed E-state index contributed by atoms with van der Waals surface area (Å²) in [5.41, 5.74) is 0. The van der Waals surface area contributed by atoms with E-state index in [2.05, 4.69) is 5.32 Å². The normalized spacial score (nSPS) is 13.1. The molecule has 0 atom stereocenters. The predicted octanol–water partition coefficient (Wildman–Crippen LogP) is 0.0776. The van der Waals surface area contributed by atoms with Gasteiger partial charge in [-0.2, -0.15) is 13.2 Å². The number of hydrogen-bond donors (Lipinski definition) is 2. The van der Waals surface area contributed by atoms with Gasteiger partial charge in [0.2, 0.25) is 10.0 Å².